The summed E-state index contributed by atoms with van der Waals surface area (Å²) in [5.74, 6) is 0.366. The standard InChI is InChI=1S/C24H25N3O5S/c1-4-32-23-21(31-2)14-13-18(25-23)20(15-33(3,29)30)27-19-12-8-11-17(22(19)26-24(27)28)16-9-6-5-7-10-16/h5-14,20H,4,15H2,1-3H3,(H,26,28)/t20-/m1/s1. The maximum atomic E-state index is 13.2. The van der Waals surface area contributed by atoms with Crippen molar-refractivity contribution in [1.82, 2.24) is 14.5 Å². The molecule has 33 heavy (non-hydrogen) atoms. The van der Waals surface area contributed by atoms with E-state index in [1.807, 2.05) is 49.4 Å². The summed E-state index contributed by atoms with van der Waals surface area (Å²) in [6, 6.07) is 17.7. The smallest absolute Gasteiger partial charge is 0.327 e. The van der Waals surface area contributed by atoms with Gasteiger partial charge in [-0.1, -0.05) is 42.5 Å². The highest BCUT2D eigenvalue weighted by Gasteiger charge is 2.26. The number of para-hydroxylation sites is 1. The summed E-state index contributed by atoms with van der Waals surface area (Å²) in [5, 5.41) is 0. The first-order valence-corrected chi connectivity index (χ1v) is 12.5. The predicted molar refractivity (Wildman–Crippen MR) is 128 cm³/mol. The topological polar surface area (TPSA) is 103 Å². The number of imidazole rings is 1. The van der Waals surface area contributed by atoms with Crippen LogP contribution in [0.1, 0.15) is 18.7 Å². The molecular weight excluding hydrogens is 442 g/mol. The summed E-state index contributed by atoms with van der Waals surface area (Å²) in [4.78, 5) is 20.6. The Morgan fingerprint density at radius 2 is 1.82 bits per heavy atom. The molecule has 0 spiro atoms. The van der Waals surface area contributed by atoms with Gasteiger partial charge < -0.3 is 14.5 Å². The molecule has 0 bridgehead atoms. The zero-order valence-corrected chi connectivity index (χ0v) is 19.4. The third-order valence-corrected chi connectivity index (χ3v) is 6.22. The number of hydrogen-bond acceptors (Lipinski definition) is 6. The number of nitrogens with zero attached hydrogens (tertiary/aromatic N) is 2. The molecule has 1 N–H and O–H groups in total. The fourth-order valence-corrected chi connectivity index (χ4v) is 4.81. The van der Waals surface area contributed by atoms with Gasteiger partial charge in [-0.3, -0.25) is 4.57 Å². The molecule has 2 aromatic heterocycles. The van der Waals surface area contributed by atoms with Crippen LogP contribution in [-0.4, -0.2) is 48.7 Å². The van der Waals surface area contributed by atoms with Crippen LogP contribution in [0.15, 0.2) is 65.5 Å². The van der Waals surface area contributed by atoms with Gasteiger partial charge in [0.25, 0.3) is 5.88 Å². The number of sulfone groups is 1. The minimum atomic E-state index is -3.47. The molecule has 0 saturated heterocycles. The molecule has 0 fully saturated rings. The number of H-pyrrole nitrogens is 1. The zero-order valence-electron chi connectivity index (χ0n) is 18.6. The summed E-state index contributed by atoms with van der Waals surface area (Å²) < 4.78 is 37.1. The second kappa shape index (κ2) is 9.11. The quantitative estimate of drug-likeness (QED) is 0.426. The van der Waals surface area contributed by atoms with Gasteiger partial charge >= 0.3 is 5.69 Å². The minimum absolute atomic E-state index is 0.244. The van der Waals surface area contributed by atoms with Crippen LogP contribution in [0.4, 0.5) is 0 Å². The van der Waals surface area contributed by atoms with E-state index in [0.717, 1.165) is 17.4 Å². The van der Waals surface area contributed by atoms with Crippen molar-refractivity contribution in [2.24, 2.45) is 0 Å². The van der Waals surface area contributed by atoms with Crippen LogP contribution in [0.2, 0.25) is 0 Å². The maximum absolute atomic E-state index is 13.2. The molecule has 4 rings (SSSR count). The van der Waals surface area contributed by atoms with E-state index in [0.29, 0.717) is 29.1 Å². The monoisotopic (exact) mass is 467 g/mol. The van der Waals surface area contributed by atoms with Gasteiger partial charge in [0.1, 0.15) is 9.84 Å². The Morgan fingerprint density at radius 1 is 1.06 bits per heavy atom. The molecule has 1 atom stereocenters. The van der Waals surface area contributed by atoms with Crippen molar-refractivity contribution in [3.8, 4) is 22.8 Å². The van der Waals surface area contributed by atoms with E-state index in [4.69, 9.17) is 9.47 Å². The number of methoxy groups -OCH3 is 1. The van der Waals surface area contributed by atoms with E-state index in [9.17, 15) is 13.2 Å². The van der Waals surface area contributed by atoms with Crippen molar-refractivity contribution in [2.45, 2.75) is 13.0 Å². The summed E-state index contributed by atoms with van der Waals surface area (Å²) in [6.45, 7) is 2.17. The van der Waals surface area contributed by atoms with Crippen molar-refractivity contribution in [3.63, 3.8) is 0 Å². The molecule has 0 aliphatic carbocycles. The molecule has 0 aliphatic rings. The van der Waals surface area contributed by atoms with E-state index in [2.05, 4.69) is 9.97 Å². The Labute approximate surface area is 191 Å². The fraction of sp³-hybridized carbons (Fsp3) is 0.250. The summed E-state index contributed by atoms with van der Waals surface area (Å²) in [6.07, 6.45) is 1.14. The SMILES string of the molecule is CCOc1nc([C@@H](CS(C)(=O)=O)n2c(=O)[nH]c3c(-c4ccccc4)cccc32)ccc1OC. The fourth-order valence-electron chi connectivity index (χ4n) is 3.92. The molecule has 0 saturated carbocycles. The molecule has 0 unspecified atom stereocenters. The van der Waals surface area contributed by atoms with Gasteiger partial charge in [-0.2, -0.15) is 0 Å². The van der Waals surface area contributed by atoms with Crippen molar-refractivity contribution < 1.29 is 17.9 Å². The van der Waals surface area contributed by atoms with Gasteiger partial charge in [-0.25, -0.2) is 18.2 Å². The molecule has 0 radical (unpaired) electrons. The average molecular weight is 468 g/mol. The van der Waals surface area contributed by atoms with Crippen molar-refractivity contribution in [3.05, 3.63) is 76.8 Å². The Hall–Kier alpha value is -3.59. The van der Waals surface area contributed by atoms with E-state index in [1.165, 1.54) is 11.7 Å². The number of aromatic nitrogens is 3. The molecule has 9 heteroatoms. The van der Waals surface area contributed by atoms with Gasteiger partial charge in [0.2, 0.25) is 0 Å². The van der Waals surface area contributed by atoms with Crippen LogP contribution in [-0.2, 0) is 9.84 Å². The number of aromatic amines is 1. The van der Waals surface area contributed by atoms with Gasteiger partial charge in [-0.15, -0.1) is 0 Å². The van der Waals surface area contributed by atoms with E-state index >= 15 is 0 Å². The first kappa shape index (κ1) is 22.6. The van der Waals surface area contributed by atoms with Crippen LogP contribution >= 0.6 is 0 Å². The van der Waals surface area contributed by atoms with Crippen LogP contribution in [0.5, 0.6) is 11.6 Å². The largest absolute Gasteiger partial charge is 0.491 e. The molecule has 172 valence electrons. The number of nitrogens with one attached hydrogen (secondary N) is 1. The number of fused-ring (bicyclic) bond motifs is 1. The third-order valence-electron chi connectivity index (χ3n) is 5.30. The van der Waals surface area contributed by atoms with Gasteiger partial charge in [0, 0.05) is 11.8 Å². The Bertz CT molecular complexity index is 1440. The lowest BCUT2D eigenvalue weighted by molar-refractivity contribution is 0.296. The number of ether oxygens (including phenoxy) is 2. The number of benzene rings is 2. The lowest BCUT2D eigenvalue weighted by atomic mass is 10.0. The predicted octanol–water partition coefficient (Wildman–Crippen LogP) is 3.43. The highest BCUT2D eigenvalue weighted by Crippen LogP contribution is 2.32. The summed E-state index contributed by atoms with van der Waals surface area (Å²) in [5.41, 5.74) is 2.98. The Balaban J connectivity index is 1.94. The Morgan fingerprint density at radius 3 is 2.48 bits per heavy atom. The molecule has 4 aromatic rings. The average Bonchev–Trinajstić information content (AvgIpc) is 3.13. The lowest BCUT2D eigenvalue weighted by Gasteiger charge is -2.19. The molecule has 0 amide bonds. The minimum Gasteiger partial charge on any atom is -0.491 e. The zero-order chi connectivity index (χ0) is 23.6. The Kier molecular flexibility index (Phi) is 6.24. The first-order chi connectivity index (χ1) is 15.8. The molecular formula is C24H25N3O5S. The van der Waals surface area contributed by atoms with E-state index in [1.54, 1.807) is 18.2 Å². The first-order valence-electron chi connectivity index (χ1n) is 10.5. The van der Waals surface area contributed by atoms with Gasteiger partial charge in [0.15, 0.2) is 5.75 Å². The number of pyridine rings is 1. The number of hydrogen-bond donors (Lipinski definition) is 1. The van der Waals surface area contributed by atoms with Crippen LogP contribution < -0.4 is 15.2 Å². The second-order valence-corrected chi connectivity index (χ2v) is 9.84. The highest BCUT2D eigenvalue weighted by atomic mass is 32.2. The van der Waals surface area contributed by atoms with Crippen molar-refractivity contribution in [2.75, 3.05) is 25.7 Å². The highest BCUT2D eigenvalue weighted by molar-refractivity contribution is 7.90. The third kappa shape index (κ3) is 4.63. The van der Waals surface area contributed by atoms with Crippen molar-refractivity contribution in [1.29, 1.82) is 0 Å². The normalized spacial score (nSPS) is 12.6. The van der Waals surface area contributed by atoms with Gasteiger partial charge in [0.05, 0.1) is 42.2 Å². The maximum Gasteiger partial charge on any atom is 0.327 e. The van der Waals surface area contributed by atoms with Crippen LogP contribution in [0, 0.1) is 0 Å². The molecule has 8 nitrogen and oxygen atoms in total. The van der Waals surface area contributed by atoms with Crippen LogP contribution in [0.25, 0.3) is 22.2 Å². The van der Waals surface area contributed by atoms with E-state index < -0.39 is 21.6 Å². The molecule has 2 aromatic carbocycles. The lowest BCUT2D eigenvalue weighted by Crippen LogP contribution is -2.29. The summed E-state index contributed by atoms with van der Waals surface area (Å²) >= 11 is 0. The molecule has 0 aliphatic heterocycles. The summed E-state index contributed by atoms with van der Waals surface area (Å²) in [7, 11) is -1.97. The molecule has 2 heterocycles. The van der Waals surface area contributed by atoms with Crippen molar-refractivity contribution >= 4 is 20.9 Å². The van der Waals surface area contributed by atoms with E-state index in [-0.39, 0.29) is 11.6 Å². The second-order valence-electron chi connectivity index (χ2n) is 7.65. The van der Waals surface area contributed by atoms with Crippen LogP contribution in [0.3, 0.4) is 0 Å². The number of rotatable bonds is 8. The van der Waals surface area contributed by atoms with Gasteiger partial charge in [-0.05, 0) is 30.7 Å².